The van der Waals surface area contributed by atoms with Crippen LogP contribution in [0.1, 0.15) is 31.2 Å². The molecule has 1 aromatic heterocycles. The second-order valence-corrected chi connectivity index (χ2v) is 5.39. The highest BCUT2D eigenvalue weighted by atomic mass is 15.3. The first-order chi connectivity index (χ1) is 9.42. The van der Waals surface area contributed by atoms with Crippen LogP contribution in [0.2, 0.25) is 0 Å². The summed E-state index contributed by atoms with van der Waals surface area (Å²) in [6, 6.07) is 10.5. The van der Waals surface area contributed by atoms with Crippen LogP contribution in [0.5, 0.6) is 0 Å². The van der Waals surface area contributed by atoms with E-state index in [2.05, 4.69) is 34.7 Å². The van der Waals surface area contributed by atoms with Crippen molar-refractivity contribution in [2.45, 2.75) is 32.2 Å². The van der Waals surface area contributed by atoms with E-state index in [0.717, 1.165) is 19.0 Å². The van der Waals surface area contributed by atoms with E-state index in [4.69, 9.17) is 0 Å². The largest absolute Gasteiger partial charge is 0.384 e. The number of para-hydroxylation sites is 1. The van der Waals surface area contributed by atoms with E-state index < -0.39 is 0 Å². The SMILES string of the molecule is c1ccc(NCC2CCCC2)c(Cn2cccn2)c1. The Hall–Kier alpha value is -1.77. The molecule has 3 heteroatoms. The number of rotatable bonds is 5. The molecule has 3 rings (SSSR count). The smallest absolute Gasteiger partial charge is 0.0679 e. The zero-order chi connectivity index (χ0) is 12.9. The number of nitrogens with zero attached hydrogens (tertiary/aromatic N) is 2. The molecule has 0 atom stereocenters. The monoisotopic (exact) mass is 255 g/mol. The molecule has 1 aromatic carbocycles. The van der Waals surface area contributed by atoms with Crippen molar-refractivity contribution >= 4 is 5.69 Å². The molecule has 0 bridgehead atoms. The summed E-state index contributed by atoms with van der Waals surface area (Å²) in [5.41, 5.74) is 2.56. The summed E-state index contributed by atoms with van der Waals surface area (Å²) in [4.78, 5) is 0. The quantitative estimate of drug-likeness (QED) is 0.885. The highest BCUT2D eigenvalue weighted by molar-refractivity contribution is 5.51. The normalized spacial score (nSPS) is 15.8. The summed E-state index contributed by atoms with van der Waals surface area (Å²) in [7, 11) is 0. The molecule has 1 aliphatic carbocycles. The number of nitrogens with one attached hydrogen (secondary N) is 1. The summed E-state index contributed by atoms with van der Waals surface area (Å²) >= 11 is 0. The molecule has 1 aliphatic rings. The first-order valence-corrected chi connectivity index (χ1v) is 7.21. The summed E-state index contributed by atoms with van der Waals surface area (Å²) < 4.78 is 1.97. The minimum atomic E-state index is 0.834. The van der Waals surface area contributed by atoms with Gasteiger partial charge in [-0.25, -0.2) is 0 Å². The van der Waals surface area contributed by atoms with E-state index in [-0.39, 0.29) is 0 Å². The zero-order valence-corrected chi connectivity index (χ0v) is 11.3. The van der Waals surface area contributed by atoms with E-state index in [1.165, 1.54) is 36.9 Å². The molecule has 0 spiro atoms. The molecular formula is C16H21N3. The van der Waals surface area contributed by atoms with Gasteiger partial charge in [0.05, 0.1) is 6.54 Å². The average molecular weight is 255 g/mol. The lowest BCUT2D eigenvalue weighted by Gasteiger charge is -2.15. The third-order valence-electron chi connectivity index (χ3n) is 3.96. The van der Waals surface area contributed by atoms with Crippen molar-refractivity contribution < 1.29 is 0 Å². The van der Waals surface area contributed by atoms with Gasteiger partial charge in [-0.15, -0.1) is 0 Å². The van der Waals surface area contributed by atoms with Crippen molar-refractivity contribution in [2.75, 3.05) is 11.9 Å². The Bertz CT molecular complexity index is 498. The van der Waals surface area contributed by atoms with Gasteiger partial charge in [-0.3, -0.25) is 4.68 Å². The van der Waals surface area contributed by atoms with Crippen molar-refractivity contribution in [3.05, 3.63) is 48.3 Å². The Labute approximate surface area is 114 Å². The van der Waals surface area contributed by atoms with Gasteiger partial charge in [0.2, 0.25) is 0 Å². The van der Waals surface area contributed by atoms with Crippen LogP contribution in [0.3, 0.4) is 0 Å². The second-order valence-electron chi connectivity index (χ2n) is 5.39. The van der Waals surface area contributed by atoms with Crippen molar-refractivity contribution in [3.63, 3.8) is 0 Å². The van der Waals surface area contributed by atoms with Crippen LogP contribution in [0.15, 0.2) is 42.7 Å². The summed E-state index contributed by atoms with van der Waals surface area (Å²) in [6.45, 7) is 1.94. The van der Waals surface area contributed by atoms with Crippen LogP contribution in [-0.2, 0) is 6.54 Å². The molecule has 1 fully saturated rings. The van der Waals surface area contributed by atoms with Gasteiger partial charge in [-0.1, -0.05) is 31.0 Å². The average Bonchev–Trinajstić information content (AvgIpc) is 3.10. The first-order valence-electron chi connectivity index (χ1n) is 7.21. The van der Waals surface area contributed by atoms with E-state index in [1.54, 1.807) is 0 Å². The lowest BCUT2D eigenvalue weighted by Crippen LogP contribution is -2.13. The molecule has 0 saturated heterocycles. The predicted molar refractivity (Wildman–Crippen MR) is 78.2 cm³/mol. The summed E-state index contributed by atoms with van der Waals surface area (Å²) in [6.07, 6.45) is 9.41. The Balaban J connectivity index is 1.66. The van der Waals surface area contributed by atoms with Crippen LogP contribution in [0.4, 0.5) is 5.69 Å². The number of aromatic nitrogens is 2. The molecule has 1 N–H and O–H groups in total. The second kappa shape index (κ2) is 5.91. The van der Waals surface area contributed by atoms with Gasteiger partial charge in [0, 0.05) is 24.6 Å². The Kier molecular flexibility index (Phi) is 3.82. The van der Waals surface area contributed by atoms with Gasteiger partial charge >= 0.3 is 0 Å². The number of anilines is 1. The van der Waals surface area contributed by atoms with Crippen LogP contribution in [0, 0.1) is 5.92 Å². The molecule has 1 saturated carbocycles. The van der Waals surface area contributed by atoms with Crippen LogP contribution >= 0.6 is 0 Å². The third kappa shape index (κ3) is 3.16. The van der Waals surface area contributed by atoms with Crippen LogP contribution in [-0.4, -0.2) is 16.3 Å². The van der Waals surface area contributed by atoms with Gasteiger partial charge in [-0.2, -0.15) is 5.10 Å². The van der Waals surface area contributed by atoms with Crippen LogP contribution < -0.4 is 5.32 Å². The number of benzene rings is 1. The van der Waals surface area contributed by atoms with Crippen molar-refractivity contribution in [1.82, 2.24) is 9.78 Å². The lowest BCUT2D eigenvalue weighted by atomic mass is 10.1. The molecule has 100 valence electrons. The summed E-state index contributed by atoms with van der Waals surface area (Å²) in [5.74, 6) is 0.859. The first kappa shape index (κ1) is 12.3. The van der Waals surface area contributed by atoms with Crippen molar-refractivity contribution in [3.8, 4) is 0 Å². The Morgan fingerprint density at radius 1 is 1.16 bits per heavy atom. The lowest BCUT2D eigenvalue weighted by molar-refractivity contribution is 0.579. The van der Waals surface area contributed by atoms with Gasteiger partial charge in [-0.05, 0) is 36.5 Å². The van der Waals surface area contributed by atoms with E-state index >= 15 is 0 Å². The highest BCUT2D eigenvalue weighted by Crippen LogP contribution is 2.25. The van der Waals surface area contributed by atoms with E-state index in [0.29, 0.717) is 0 Å². The van der Waals surface area contributed by atoms with Crippen LogP contribution in [0.25, 0.3) is 0 Å². The minimum absolute atomic E-state index is 0.834. The van der Waals surface area contributed by atoms with Gasteiger partial charge < -0.3 is 5.32 Å². The fourth-order valence-electron chi connectivity index (χ4n) is 2.87. The van der Waals surface area contributed by atoms with Gasteiger partial charge in [0.1, 0.15) is 0 Å². The van der Waals surface area contributed by atoms with Crippen molar-refractivity contribution in [2.24, 2.45) is 5.92 Å². The van der Waals surface area contributed by atoms with Crippen molar-refractivity contribution in [1.29, 1.82) is 0 Å². The topological polar surface area (TPSA) is 29.9 Å². The molecule has 0 radical (unpaired) electrons. The van der Waals surface area contributed by atoms with Gasteiger partial charge in [0.15, 0.2) is 0 Å². The molecule has 0 unspecified atom stereocenters. The van der Waals surface area contributed by atoms with E-state index in [1.807, 2.05) is 23.1 Å². The Morgan fingerprint density at radius 2 is 2.00 bits per heavy atom. The molecule has 0 amide bonds. The maximum Gasteiger partial charge on any atom is 0.0679 e. The van der Waals surface area contributed by atoms with E-state index in [9.17, 15) is 0 Å². The zero-order valence-electron chi connectivity index (χ0n) is 11.3. The molecule has 0 aliphatic heterocycles. The third-order valence-corrected chi connectivity index (χ3v) is 3.96. The minimum Gasteiger partial charge on any atom is -0.384 e. The molecular weight excluding hydrogens is 234 g/mol. The number of hydrogen-bond donors (Lipinski definition) is 1. The molecule has 1 heterocycles. The summed E-state index contributed by atoms with van der Waals surface area (Å²) in [5, 5.41) is 7.91. The fourth-order valence-corrected chi connectivity index (χ4v) is 2.87. The number of hydrogen-bond acceptors (Lipinski definition) is 2. The maximum atomic E-state index is 4.28. The fraction of sp³-hybridized carbons (Fsp3) is 0.438. The highest BCUT2D eigenvalue weighted by Gasteiger charge is 2.14. The maximum absolute atomic E-state index is 4.28. The van der Waals surface area contributed by atoms with Gasteiger partial charge in [0.25, 0.3) is 0 Å². The Morgan fingerprint density at radius 3 is 2.79 bits per heavy atom. The molecule has 2 aromatic rings. The molecule has 3 nitrogen and oxygen atoms in total. The molecule has 19 heavy (non-hydrogen) atoms. The standard InChI is InChI=1S/C16H21N3/c1-2-7-14(6-1)12-17-16-9-4-3-8-15(16)13-19-11-5-10-18-19/h3-5,8-11,14,17H,1-2,6-7,12-13H2. The predicted octanol–water partition coefficient (Wildman–Crippen LogP) is 3.53.